The Balaban J connectivity index is 1.55. The van der Waals surface area contributed by atoms with Crippen molar-refractivity contribution >= 4 is 52.1 Å². The summed E-state index contributed by atoms with van der Waals surface area (Å²) in [5, 5.41) is 7.09. The Hall–Kier alpha value is -4.32. The van der Waals surface area contributed by atoms with Gasteiger partial charge in [0, 0.05) is 49.2 Å². The van der Waals surface area contributed by atoms with Gasteiger partial charge in [0.2, 0.25) is 5.91 Å². The lowest BCUT2D eigenvalue weighted by molar-refractivity contribution is -0.124. The molecule has 0 aliphatic carbocycles. The van der Waals surface area contributed by atoms with Gasteiger partial charge in [-0.05, 0) is 54.0 Å². The van der Waals surface area contributed by atoms with Crippen LogP contribution in [-0.2, 0) is 14.3 Å². The molecule has 228 valence electrons. The first-order valence-corrected chi connectivity index (χ1v) is 14.4. The Kier molecular flexibility index (Phi) is 7.76. The summed E-state index contributed by atoms with van der Waals surface area (Å²) in [6, 6.07) is 6.35. The lowest BCUT2D eigenvalue weighted by Gasteiger charge is -2.27. The molecular weight excluding hydrogens is 574 g/mol. The first-order chi connectivity index (χ1) is 20.2. The van der Waals surface area contributed by atoms with E-state index in [2.05, 4.69) is 15.6 Å². The summed E-state index contributed by atoms with van der Waals surface area (Å²) >= 11 is 6.90. The van der Waals surface area contributed by atoms with Crippen LogP contribution in [0.15, 0.2) is 42.9 Å². The Morgan fingerprint density at radius 1 is 1.02 bits per heavy atom. The molecule has 2 amide bonds. The van der Waals surface area contributed by atoms with Crippen molar-refractivity contribution in [1.82, 2.24) is 29.2 Å². The molecular formula is C30H36ClN7O5. The molecule has 3 aromatic heterocycles. The van der Waals surface area contributed by atoms with Crippen molar-refractivity contribution < 1.29 is 23.9 Å². The Bertz CT molecular complexity index is 1720. The number of nitrogens with zero attached hydrogens (tertiary/aromatic N) is 5. The number of imidazole rings is 1. The average Bonchev–Trinajstić information content (AvgIpc) is 3.65. The fourth-order valence-electron chi connectivity index (χ4n) is 5.13. The molecule has 0 unspecified atom stereocenters. The Labute approximate surface area is 254 Å². The molecule has 13 heteroatoms. The minimum absolute atomic E-state index is 0.206. The van der Waals surface area contributed by atoms with E-state index < -0.39 is 29.4 Å². The lowest BCUT2D eigenvalue weighted by atomic mass is 10.1. The number of nitrogens with one attached hydrogen (secondary N) is 2. The second-order valence-corrected chi connectivity index (χ2v) is 12.8. The molecule has 1 fully saturated rings. The third-order valence-electron chi connectivity index (χ3n) is 6.86. The second kappa shape index (κ2) is 11.1. The molecule has 5 rings (SSSR count). The van der Waals surface area contributed by atoms with Gasteiger partial charge in [0.05, 0.1) is 5.52 Å². The van der Waals surface area contributed by atoms with Crippen molar-refractivity contribution in [2.75, 3.05) is 18.9 Å². The summed E-state index contributed by atoms with van der Waals surface area (Å²) in [7, 11) is 1.53. The van der Waals surface area contributed by atoms with Gasteiger partial charge in [-0.2, -0.15) is 0 Å². The maximum Gasteiger partial charge on any atom is 0.419 e. The fraction of sp³-hybridized carbons (Fsp3) is 0.433. The Morgan fingerprint density at radius 2 is 1.70 bits per heavy atom. The molecule has 1 aliphatic rings. The van der Waals surface area contributed by atoms with E-state index in [9.17, 15) is 14.4 Å². The highest BCUT2D eigenvalue weighted by molar-refractivity contribution is 6.32. The highest BCUT2D eigenvalue weighted by Gasteiger charge is 2.41. The van der Waals surface area contributed by atoms with Crippen LogP contribution in [0.3, 0.4) is 0 Å². The van der Waals surface area contributed by atoms with E-state index in [1.165, 1.54) is 16.5 Å². The fourth-order valence-corrected chi connectivity index (χ4v) is 5.41. The number of likely N-dealkylation sites (N-methyl/N-ethyl adjacent to an activating group) is 1. The van der Waals surface area contributed by atoms with Crippen LogP contribution in [0.1, 0.15) is 48.0 Å². The van der Waals surface area contributed by atoms with Crippen molar-refractivity contribution in [1.29, 1.82) is 0 Å². The number of rotatable bonds is 4. The monoisotopic (exact) mass is 609 g/mol. The molecule has 2 N–H and O–H groups in total. The number of aromatic nitrogens is 4. The van der Waals surface area contributed by atoms with Crippen LogP contribution in [0, 0.1) is 0 Å². The van der Waals surface area contributed by atoms with Crippen molar-refractivity contribution in [2.24, 2.45) is 0 Å². The van der Waals surface area contributed by atoms with Crippen LogP contribution >= 0.6 is 11.6 Å². The van der Waals surface area contributed by atoms with Crippen LogP contribution in [0.25, 0.3) is 27.8 Å². The van der Waals surface area contributed by atoms with Gasteiger partial charge in [0.25, 0.3) is 0 Å². The molecule has 0 radical (unpaired) electrons. The minimum atomic E-state index is -0.730. The van der Waals surface area contributed by atoms with Crippen LogP contribution in [0.4, 0.5) is 15.4 Å². The first kappa shape index (κ1) is 30.1. The molecule has 43 heavy (non-hydrogen) atoms. The number of para-hydroxylation sites is 1. The highest BCUT2D eigenvalue weighted by atomic mass is 35.5. The number of anilines is 1. The summed E-state index contributed by atoms with van der Waals surface area (Å²) in [5.41, 5.74) is 0.738. The number of carbonyl (C=O) groups excluding carboxylic acids is 3. The van der Waals surface area contributed by atoms with E-state index in [0.717, 1.165) is 5.39 Å². The second-order valence-electron chi connectivity index (χ2n) is 12.5. The molecule has 4 aromatic rings. The molecule has 2 atom stereocenters. The number of fused-ring (bicyclic) bond motifs is 2. The topological polar surface area (TPSA) is 132 Å². The normalized spacial score (nSPS) is 17.3. The summed E-state index contributed by atoms with van der Waals surface area (Å²) in [4.78, 5) is 49.7. The highest BCUT2D eigenvalue weighted by Crippen LogP contribution is 2.37. The van der Waals surface area contributed by atoms with E-state index in [-0.39, 0.29) is 18.5 Å². The third-order valence-corrected chi connectivity index (χ3v) is 7.22. The molecule has 1 aromatic carbocycles. The van der Waals surface area contributed by atoms with Gasteiger partial charge in [0.1, 0.15) is 28.1 Å². The molecule has 1 aliphatic heterocycles. The van der Waals surface area contributed by atoms with Gasteiger partial charge in [-0.3, -0.25) is 18.7 Å². The summed E-state index contributed by atoms with van der Waals surface area (Å²) < 4.78 is 14.4. The van der Waals surface area contributed by atoms with E-state index >= 15 is 0 Å². The number of hydrogen-bond acceptors (Lipinski definition) is 8. The number of carbonyl (C=O) groups is 3. The van der Waals surface area contributed by atoms with Gasteiger partial charge in [-0.25, -0.2) is 19.6 Å². The zero-order valence-electron chi connectivity index (χ0n) is 25.3. The molecule has 0 saturated carbocycles. The summed E-state index contributed by atoms with van der Waals surface area (Å²) in [6.45, 7) is 11.0. The lowest BCUT2D eigenvalue weighted by Crippen LogP contribution is -2.46. The molecule has 1 saturated heterocycles. The van der Waals surface area contributed by atoms with Crippen LogP contribution in [0.2, 0.25) is 5.15 Å². The van der Waals surface area contributed by atoms with Gasteiger partial charge in [0.15, 0.2) is 11.5 Å². The number of benzene rings is 1. The van der Waals surface area contributed by atoms with Crippen LogP contribution in [0.5, 0.6) is 0 Å². The van der Waals surface area contributed by atoms with Crippen molar-refractivity contribution in [2.45, 2.75) is 71.2 Å². The van der Waals surface area contributed by atoms with Gasteiger partial charge >= 0.3 is 12.2 Å². The van der Waals surface area contributed by atoms with E-state index in [1.54, 1.807) is 43.8 Å². The zero-order chi connectivity index (χ0) is 31.3. The largest absolute Gasteiger partial charge is 0.444 e. The molecule has 0 spiro atoms. The van der Waals surface area contributed by atoms with Crippen LogP contribution < -0.4 is 10.6 Å². The smallest absolute Gasteiger partial charge is 0.419 e. The summed E-state index contributed by atoms with van der Waals surface area (Å²) in [6.07, 6.45) is 4.22. The van der Waals surface area contributed by atoms with Crippen molar-refractivity contribution in [3.05, 3.63) is 48.0 Å². The number of hydrogen-bond donors (Lipinski definition) is 2. The van der Waals surface area contributed by atoms with E-state index in [1.807, 2.05) is 45.0 Å². The van der Waals surface area contributed by atoms with Crippen molar-refractivity contribution in [3.8, 4) is 11.3 Å². The standard InChI is InChI=1S/C30H36ClN7O5/c1-29(2,3)42-27(40)37-15-17(14-21(37)26(39)32-7)34-24-25-33-12-13-36(25)23(31)22(35-24)19-16-38(28(41)43-30(4,5)6)20-11-9-8-10-18(19)20/h8-13,16-17,21H,14-15H2,1-7H3,(H,32,39)(H,34,35)/t17-,21-/m0/s1. The quantitative estimate of drug-likeness (QED) is 0.318. The van der Waals surface area contributed by atoms with Gasteiger partial charge in [-0.15, -0.1) is 0 Å². The van der Waals surface area contributed by atoms with Crippen molar-refractivity contribution in [3.63, 3.8) is 0 Å². The van der Waals surface area contributed by atoms with Gasteiger partial charge < -0.3 is 20.1 Å². The van der Waals surface area contributed by atoms with Gasteiger partial charge in [-0.1, -0.05) is 29.8 Å². The predicted octanol–water partition coefficient (Wildman–Crippen LogP) is 5.32. The molecule has 4 heterocycles. The third kappa shape index (κ3) is 6.10. The SMILES string of the molecule is CNC(=O)[C@@H]1C[C@H](Nc2nc(-c3cn(C(=O)OC(C)(C)C)c4ccccc34)c(Cl)n3ccnc23)CN1C(=O)OC(C)(C)C. The maximum atomic E-state index is 13.1. The predicted molar refractivity (Wildman–Crippen MR) is 163 cm³/mol. The maximum absolute atomic E-state index is 13.1. The number of halogens is 1. The molecule has 0 bridgehead atoms. The number of likely N-dealkylation sites (tertiary alicyclic amines) is 1. The average molecular weight is 610 g/mol. The van der Waals surface area contributed by atoms with Crippen LogP contribution in [-0.4, -0.2) is 78.8 Å². The van der Waals surface area contributed by atoms with E-state index in [4.69, 9.17) is 26.1 Å². The number of amides is 2. The first-order valence-electron chi connectivity index (χ1n) is 14.0. The molecule has 12 nitrogen and oxygen atoms in total. The summed E-state index contributed by atoms with van der Waals surface area (Å²) in [5.74, 6) is 0.117. The Morgan fingerprint density at radius 3 is 2.37 bits per heavy atom. The minimum Gasteiger partial charge on any atom is -0.444 e. The van der Waals surface area contributed by atoms with E-state index in [0.29, 0.717) is 39.8 Å². The zero-order valence-corrected chi connectivity index (χ0v) is 26.0. The number of ether oxygens (including phenoxy) is 2.